The molecule has 82 valence electrons. The van der Waals surface area contributed by atoms with Crippen LogP contribution in [0.25, 0.3) is 0 Å². The van der Waals surface area contributed by atoms with Gasteiger partial charge >= 0.3 is 0 Å². The van der Waals surface area contributed by atoms with Crippen molar-refractivity contribution in [3.05, 3.63) is 0 Å². The smallest absolute Gasteiger partial charge is 0.0107 e. The molecule has 0 radical (unpaired) electrons. The first kappa shape index (κ1) is 10.4. The predicted octanol–water partition coefficient (Wildman–Crippen LogP) is 0.376. The lowest BCUT2D eigenvalue weighted by Gasteiger charge is -2.27. The highest BCUT2D eigenvalue weighted by molar-refractivity contribution is 4.82. The lowest BCUT2D eigenvalue weighted by molar-refractivity contribution is 0.220. The van der Waals surface area contributed by atoms with Gasteiger partial charge in [0, 0.05) is 32.2 Å². The highest BCUT2D eigenvalue weighted by Gasteiger charge is 2.25. The fourth-order valence-electron chi connectivity index (χ4n) is 2.18. The van der Waals surface area contributed by atoms with E-state index in [1.54, 1.807) is 0 Å². The summed E-state index contributed by atoms with van der Waals surface area (Å²) in [5, 5.41) is 3.39. The molecule has 0 amide bonds. The Hall–Kier alpha value is -0.120. The highest BCUT2D eigenvalue weighted by Crippen LogP contribution is 2.25. The molecule has 1 aliphatic heterocycles. The van der Waals surface area contributed by atoms with Crippen LogP contribution in [-0.2, 0) is 0 Å². The van der Waals surface area contributed by atoms with E-state index >= 15 is 0 Å². The van der Waals surface area contributed by atoms with Crippen LogP contribution in [0.5, 0.6) is 0 Å². The molecule has 0 spiro atoms. The second kappa shape index (κ2) is 5.10. The first-order chi connectivity index (χ1) is 6.86. The number of nitrogens with one attached hydrogen (secondary N) is 1. The maximum atomic E-state index is 3.39. The Kier molecular flexibility index (Phi) is 3.79. The van der Waals surface area contributed by atoms with Crippen LogP contribution in [0.4, 0.5) is 0 Å². The molecule has 14 heavy (non-hydrogen) atoms. The molecule has 2 aliphatic rings. The third-order valence-electron chi connectivity index (χ3n) is 3.36. The van der Waals surface area contributed by atoms with Crippen molar-refractivity contribution >= 4 is 0 Å². The van der Waals surface area contributed by atoms with E-state index in [0.29, 0.717) is 0 Å². The Morgan fingerprint density at radius 3 is 2.64 bits per heavy atom. The molecule has 0 aromatic heterocycles. The zero-order valence-corrected chi connectivity index (χ0v) is 9.34. The second-order valence-corrected chi connectivity index (χ2v) is 4.66. The van der Waals surface area contributed by atoms with Crippen molar-refractivity contribution in [1.29, 1.82) is 0 Å². The van der Waals surface area contributed by atoms with E-state index < -0.39 is 0 Å². The number of hydrogen-bond acceptors (Lipinski definition) is 3. The van der Waals surface area contributed by atoms with E-state index in [1.165, 1.54) is 58.5 Å². The van der Waals surface area contributed by atoms with Gasteiger partial charge in [0.1, 0.15) is 0 Å². The summed E-state index contributed by atoms with van der Waals surface area (Å²) in [6, 6.07) is 0.929. The van der Waals surface area contributed by atoms with Crippen LogP contribution in [0.15, 0.2) is 0 Å². The van der Waals surface area contributed by atoms with E-state index in [4.69, 9.17) is 0 Å². The van der Waals surface area contributed by atoms with Crippen molar-refractivity contribution in [2.75, 3.05) is 46.3 Å². The monoisotopic (exact) mass is 197 g/mol. The Balaban J connectivity index is 1.52. The zero-order valence-electron chi connectivity index (χ0n) is 9.34. The molecule has 0 unspecified atom stereocenters. The van der Waals surface area contributed by atoms with Crippen molar-refractivity contribution in [2.45, 2.75) is 25.3 Å². The number of piperazine rings is 1. The van der Waals surface area contributed by atoms with Gasteiger partial charge in [-0.05, 0) is 39.4 Å². The number of hydrogen-bond donors (Lipinski definition) is 1. The van der Waals surface area contributed by atoms with E-state index in [0.717, 1.165) is 6.04 Å². The van der Waals surface area contributed by atoms with Crippen LogP contribution >= 0.6 is 0 Å². The molecule has 3 heteroatoms. The molecular weight excluding hydrogens is 174 g/mol. The van der Waals surface area contributed by atoms with Gasteiger partial charge in [-0.25, -0.2) is 0 Å². The number of nitrogens with zero attached hydrogens (tertiary/aromatic N) is 2. The maximum Gasteiger partial charge on any atom is 0.0107 e. The Labute approximate surface area is 87.4 Å². The van der Waals surface area contributed by atoms with Crippen molar-refractivity contribution in [3.8, 4) is 0 Å². The second-order valence-electron chi connectivity index (χ2n) is 4.66. The van der Waals surface area contributed by atoms with Crippen molar-refractivity contribution in [3.63, 3.8) is 0 Å². The lowest BCUT2D eigenvalue weighted by atomic mass is 10.3. The summed E-state index contributed by atoms with van der Waals surface area (Å²) in [6.45, 7) is 7.42. The van der Waals surface area contributed by atoms with E-state index in [2.05, 4.69) is 22.2 Å². The van der Waals surface area contributed by atoms with Crippen molar-refractivity contribution < 1.29 is 0 Å². The third kappa shape index (κ3) is 3.23. The molecule has 1 saturated heterocycles. The van der Waals surface area contributed by atoms with Gasteiger partial charge < -0.3 is 15.1 Å². The molecule has 1 saturated carbocycles. The summed E-state index contributed by atoms with van der Waals surface area (Å²) < 4.78 is 0. The molecule has 0 atom stereocenters. The fourth-order valence-corrected chi connectivity index (χ4v) is 2.18. The predicted molar refractivity (Wildman–Crippen MR) is 59.6 cm³/mol. The molecule has 0 aromatic carbocycles. The number of rotatable bonds is 5. The summed E-state index contributed by atoms with van der Waals surface area (Å²) in [5.74, 6) is 0. The molecule has 0 aromatic rings. The normalized spacial score (nSPS) is 24.4. The fraction of sp³-hybridized carbons (Fsp3) is 1.00. The van der Waals surface area contributed by atoms with Gasteiger partial charge in [-0.15, -0.1) is 0 Å². The van der Waals surface area contributed by atoms with Crippen molar-refractivity contribution in [2.24, 2.45) is 0 Å². The largest absolute Gasteiger partial charge is 0.314 e. The van der Waals surface area contributed by atoms with Crippen LogP contribution in [0.2, 0.25) is 0 Å². The highest BCUT2D eigenvalue weighted by atomic mass is 15.2. The van der Waals surface area contributed by atoms with Gasteiger partial charge in [-0.3, -0.25) is 0 Å². The quantitative estimate of drug-likeness (QED) is 0.687. The molecule has 1 N–H and O–H groups in total. The summed E-state index contributed by atoms with van der Waals surface area (Å²) in [4.78, 5) is 5.11. The molecule has 0 bridgehead atoms. The Morgan fingerprint density at radius 2 is 2.00 bits per heavy atom. The topological polar surface area (TPSA) is 18.5 Å². The maximum absolute atomic E-state index is 3.39. The summed E-state index contributed by atoms with van der Waals surface area (Å²) >= 11 is 0. The van der Waals surface area contributed by atoms with Crippen molar-refractivity contribution in [1.82, 2.24) is 15.1 Å². The van der Waals surface area contributed by atoms with Crippen LogP contribution in [0, 0.1) is 0 Å². The molecule has 1 heterocycles. The lowest BCUT2D eigenvalue weighted by Crippen LogP contribution is -2.44. The third-order valence-corrected chi connectivity index (χ3v) is 3.36. The molecule has 3 nitrogen and oxygen atoms in total. The van der Waals surface area contributed by atoms with Gasteiger partial charge in [-0.2, -0.15) is 0 Å². The molecule has 1 aliphatic carbocycles. The van der Waals surface area contributed by atoms with Gasteiger partial charge in [-0.1, -0.05) is 0 Å². The first-order valence-electron chi connectivity index (χ1n) is 5.99. The molecule has 2 rings (SSSR count). The van der Waals surface area contributed by atoms with Crippen LogP contribution in [0.1, 0.15) is 19.3 Å². The minimum absolute atomic E-state index is 0.929. The summed E-state index contributed by atoms with van der Waals surface area (Å²) in [6.07, 6.45) is 4.21. The standard InChI is InChI=1S/C11H23N3/c1-13(11-3-4-11)7-2-8-14-9-5-12-6-10-14/h11-12H,2-10H2,1H3. The van der Waals surface area contributed by atoms with Gasteiger partial charge in [0.15, 0.2) is 0 Å². The Morgan fingerprint density at radius 1 is 1.29 bits per heavy atom. The van der Waals surface area contributed by atoms with E-state index in [1.807, 2.05) is 0 Å². The van der Waals surface area contributed by atoms with Gasteiger partial charge in [0.25, 0.3) is 0 Å². The molecule has 2 fully saturated rings. The van der Waals surface area contributed by atoms with Crippen LogP contribution in [-0.4, -0.2) is 62.2 Å². The minimum atomic E-state index is 0.929. The van der Waals surface area contributed by atoms with Gasteiger partial charge in [0.2, 0.25) is 0 Å². The summed E-state index contributed by atoms with van der Waals surface area (Å²) in [5.41, 5.74) is 0. The van der Waals surface area contributed by atoms with Crippen LogP contribution in [0.3, 0.4) is 0 Å². The Bertz CT molecular complexity index is 162. The minimum Gasteiger partial charge on any atom is -0.314 e. The summed E-state index contributed by atoms with van der Waals surface area (Å²) in [7, 11) is 2.27. The SMILES string of the molecule is CN(CCCN1CCNCC1)C1CC1. The van der Waals surface area contributed by atoms with E-state index in [9.17, 15) is 0 Å². The average molecular weight is 197 g/mol. The van der Waals surface area contributed by atoms with Gasteiger partial charge in [0.05, 0.1) is 0 Å². The zero-order chi connectivity index (χ0) is 9.80. The molecular formula is C11H23N3. The average Bonchev–Trinajstić information content (AvgIpc) is 3.02. The van der Waals surface area contributed by atoms with E-state index in [-0.39, 0.29) is 0 Å². The van der Waals surface area contributed by atoms with Crippen LogP contribution < -0.4 is 5.32 Å². The first-order valence-corrected chi connectivity index (χ1v) is 5.99.